The lowest BCUT2D eigenvalue weighted by atomic mass is 10.2. The molecule has 0 N–H and O–H groups in total. The molecule has 4 rings (SSSR count). The van der Waals surface area contributed by atoms with Crippen LogP contribution in [0.5, 0.6) is 11.5 Å². The lowest BCUT2D eigenvalue weighted by molar-refractivity contribution is -0.132. The van der Waals surface area contributed by atoms with Crippen LogP contribution in [0.1, 0.15) is 12.5 Å². The fourth-order valence-electron chi connectivity index (χ4n) is 2.80. The topological polar surface area (TPSA) is 82.8 Å². The molecule has 10 heteroatoms. The number of benzene rings is 2. The molecule has 0 bridgehead atoms. The van der Waals surface area contributed by atoms with Crippen LogP contribution in [0.4, 0.5) is 0 Å². The van der Waals surface area contributed by atoms with Gasteiger partial charge in [-0.15, -0.1) is 5.10 Å². The summed E-state index contributed by atoms with van der Waals surface area (Å²) >= 11 is 10.6. The zero-order chi connectivity index (χ0) is 21.4. The van der Waals surface area contributed by atoms with Crippen molar-refractivity contribution in [1.29, 1.82) is 0 Å². The number of nitrogens with zero attached hydrogens (tertiary/aromatic N) is 3. The van der Waals surface area contributed by atoms with Gasteiger partial charge in [-0.25, -0.2) is 0 Å². The first-order chi connectivity index (χ1) is 14.4. The minimum atomic E-state index is -0.464. The van der Waals surface area contributed by atoms with E-state index in [1.807, 2.05) is 6.07 Å². The summed E-state index contributed by atoms with van der Waals surface area (Å²) in [6.07, 6.45) is 1.70. The molecule has 0 saturated carbocycles. The van der Waals surface area contributed by atoms with Crippen molar-refractivity contribution in [3.8, 4) is 22.9 Å². The van der Waals surface area contributed by atoms with Gasteiger partial charge in [-0.3, -0.25) is 9.59 Å². The van der Waals surface area contributed by atoms with E-state index in [0.717, 1.165) is 5.56 Å². The minimum absolute atomic E-state index is 0.276. The van der Waals surface area contributed by atoms with Crippen LogP contribution in [0.2, 0.25) is 5.02 Å². The van der Waals surface area contributed by atoms with E-state index in [2.05, 4.69) is 26.0 Å². The molecule has 0 spiro atoms. The standard InChI is InChI=1S/C20H13BrClN3O4S/c1-10(26)29-17-14(21)6-11(7-15(17)28-2)8-16-19(27)25-20(30-16)23-18(24-25)12-4-3-5-13(22)9-12/h3-9H,1-2H3/b16-8-. The van der Waals surface area contributed by atoms with Gasteiger partial charge in [0.05, 0.1) is 16.1 Å². The second kappa shape index (κ2) is 8.17. The molecule has 2 aromatic heterocycles. The largest absolute Gasteiger partial charge is 0.493 e. The van der Waals surface area contributed by atoms with Gasteiger partial charge in [-0.05, 0) is 51.8 Å². The fraction of sp³-hybridized carbons (Fsp3) is 0.100. The van der Waals surface area contributed by atoms with Gasteiger partial charge in [0.25, 0.3) is 5.56 Å². The number of halogens is 2. The number of fused-ring (bicyclic) bond motifs is 1. The maximum absolute atomic E-state index is 12.8. The predicted molar refractivity (Wildman–Crippen MR) is 118 cm³/mol. The van der Waals surface area contributed by atoms with E-state index in [9.17, 15) is 9.59 Å². The van der Waals surface area contributed by atoms with E-state index in [-0.39, 0.29) is 11.3 Å². The Labute approximate surface area is 187 Å². The molecule has 0 aliphatic rings. The average Bonchev–Trinajstić information content (AvgIpc) is 3.23. The Morgan fingerprint density at radius 1 is 1.30 bits per heavy atom. The quantitative estimate of drug-likeness (QED) is 0.310. The van der Waals surface area contributed by atoms with Crippen LogP contribution in [-0.4, -0.2) is 27.7 Å². The lowest BCUT2D eigenvalue weighted by Crippen LogP contribution is -2.23. The minimum Gasteiger partial charge on any atom is -0.493 e. The van der Waals surface area contributed by atoms with Gasteiger partial charge in [0.15, 0.2) is 17.3 Å². The number of carbonyl (C=O) groups excluding carboxylic acids is 1. The first-order valence-electron chi connectivity index (χ1n) is 8.59. The second-order valence-electron chi connectivity index (χ2n) is 6.18. The van der Waals surface area contributed by atoms with Crippen LogP contribution >= 0.6 is 38.9 Å². The highest BCUT2D eigenvalue weighted by molar-refractivity contribution is 9.10. The molecular formula is C20H13BrClN3O4S. The highest BCUT2D eigenvalue weighted by Crippen LogP contribution is 2.37. The third-order valence-corrected chi connectivity index (χ3v) is 5.84. The zero-order valence-corrected chi connectivity index (χ0v) is 18.8. The number of hydrogen-bond donors (Lipinski definition) is 0. The molecule has 2 aromatic carbocycles. The molecule has 7 nitrogen and oxygen atoms in total. The smallest absolute Gasteiger partial charge is 0.308 e. The van der Waals surface area contributed by atoms with Gasteiger partial charge < -0.3 is 9.47 Å². The van der Waals surface area contributed by atoms with Crippen molar-refractivity contribution in [2.75, 3.05) is 7.11 Å². The first-order valence-corrected chi connectivity index (χ1v) is 10.6. The first kappa shape index (κ1) is 20.5. The van der Waals surface area contributed by atoms with Crippen LogP contribution in [0.25, 0.3) is 22.4 Å². The van der Waals surface area contributed by atoms with Crippen LogP contribution in [0.15, 0.2) is 45.7 Å². The molecule has 0 radical (unpaired) electrons. The van der Waals surface area contributed by atoms with Crippen molar-refractivity contribution < 1.29 is 14.3 Å². The van der Waals surface area contributed by atoms with Crippen molar-refractivity contribution in [1.82, 2.24) is 14.6 Å². The lowest BCUT2D eigenvalue weighted by Gasteiger charge is -2.10. The molecule has 4 aromatic rings. The summed E-state index contributed by atoms with van der Waals surface area (Å²) in [6.45, 7) is 1.31. The average molecular weight is 507 g/mol. The van der Waals surface area contributed by atoms with E-state index >= 15 is 0 Å². The second-order valence-corrected chi connectivity index (χ2v) is 8.48. The molecule has 152 valence electrons. The highest BCUT2D eigenvalue weighted by Gasteiger charge is 2.15. The molecule has 0 aliphatic carbocycles. The molecule has 0 saturated heterocycles. The maximum Gasteiger partial charge on any atom is 0.308 e. The van der Waals surface area contributed by atoms with E-state index in [1.54, 1.807) is 36.4 Å². The Morgan fingerprint density at radius 3 is 2.77 bits per heavy atom. The fourth-order valence-corrected chi connectivity index (χ4v) is 4.44. The van der Waals surface area contributed by atoms with E-state index in [1.165, 1.54) is 29.9 Å². The summed E-state index contributed by atoms with van der Waals surface area (Å²) in [6, 6.07) is 10.5. The van der Waals surface area contributed by atoms with Gasteiger partial charge in [0.2, 0.25) is 4.96 Å². The van der Waals surface area contributed by atoms with Crippen molar-refractivity contribution in [3.05, 3.63) is 66.3 Å². The van der Waals surface area contributed by atoms with E-state index in [4.69, 9.17) is 21.1 Å². The van der Waals surface area contributed by atoms with E-state index in [0.29, 0.717) is 36.1 Å². The number of esters is 1. The monoisotopic (exact) mass is 505 g/mol. The molecular weight excluding hydrogens is 494 g/mol. The third-order valence-electron chi connectivity index (χ3n) is 4.06. The number of carbonyl (C=O) groups is 1. The molecule has 0 aliphatic heterocycles. The summed E-state index contributed by atoms with van der Waals surface area (Å²) in [5.41, 5.74) is 1.14. The van der Waals surface area contributed by atoms with Gasteiger partial charge in [0.1, 0.15) is 0 Å². The number of aromatic nitrogens is 3. The Kier molecular flexibility index (Phi) is 5.59. The number of ether oxygens (including phenoxy) is 2. The van der Waals surface area contributed by atoms with Crippen molar-refractivity contribution >= 4 is 55.9 Å². The van der Waals surface area contributed by atoms with Crippen molar-refractivity contribution in [3.63, 3.8) is 0 Å². The molecule has 30 heavy (non-hydrogen) atoms. The molecule has 0 unspecified atom stereocenters. The Bertz CT molecular complexity index is 1400. The summed E-state index contributed by atoms with van der Waals surface area (Å²) in [5, 5.41) is 4.89. The third kappa shape index (κ3) is 3.96. The SMILES string of the molecule is COc1cc(/C=c2\sc3nc(-c4cccc(Cl)c4)nn3c2=O)cc(Br)c1OC(C)=O. The number of rotatable bonds is 4. The number of hydrogen-bond acceptors (Lipinski definition) is 7. The van der Waals surface area contributed by atoms with Gasteiger partial charge >= 0.3 is 5.97 Å². The van der Waals surface area contributed by atoms with Gasteiger partial charge in [0, 0.05) is 17.5 Å². The van der Waals surface area contributed by atoms with Crippen LogP contribution in [0, 0.1) is 0 Å². The Morgan fingerprint density at radius 2 is 2.10 bits per heavy atom. The normalized spacial score (nSPS) is 11.8. The summed E-state index contributed by atoms with van der Waals surface area (Å²) in [7, 11) is 1.47. The molecule has 0 fully saturated rings. The van der Waals surface area contributed by atoms with Crippen molar-refractivity contribution in [2.45, 2.75) is 6.92 Å². The zero-order valence-electron chi connectivity index (χ0n) is 15.7. The summed E-state index contributed by atoms with van der Waals surface area (Å²) in [4.78, 5) is 29.0. The van der Waals surface area contributed by atoms with Gasteiger partial charge in [-0.1, -0.05) is 35.1 Å². The summed E-state index contributed by atoms with van der Waals surface area (Å²) < 4.78 is 12.7. The predicted octanol–water partition coefficient (Wildman–Crippen LogP) is 3.72. The molecule has 0 atom stereocenters. The van der Waals surface area contributed by atoms with E-state index < -0.39 is 5.97 Å². The number of methoxy groups -OCH3 is 1. The summed E-state index contributed by atoms with van der Waals surface area (Å²) in [5.74, 6) is 0.607. The number of thiazole rings is 1. The van der Waals surface area contributed by atoms with Crippen LogP contribution < -0.4 is 19.6 Å². The van der Waals surface area contributed by atoms with Crippen LogP contribution in [-0.2, 0) is 4.79 Å². The Hall–Kier alpha value is -2.75. The van der Waals surface area contributed by atoms with Crippen LogP contribution in [0.3, 0.4) is 0 Å². The molecule has 2 heterocycles. The maximum atomic E-state index is 12.8. The van der Waals surface area contributed by atoms with Crippen molar-refractivity contribution in [2.24, 2.45) is 0 Å². The highest BCUT2D eigenvalue weighted by atomic mass is 79.9. The molecule has 0 amide bonds. The van der Waals surface area contributed by atoms with Gasteiger partial charge in [-0.2, -0.15) is 9.50 Å². The Balaban J connectivity index is 1.77.